The second kappa shape index (κ2) is 4.43. The van der Waals surface area contributed by atoms with Gasteiger partial charge in [-0.15, -0.1) is 0 Å². The molecule has 0 radical (unpaired) electrons. The van der Waals surface area contributed by atoms with E-state index in [9.17, 15) is 0 Å². The van der Waals surface area contributed by atoms with Crippen molar-refractivity contribution in [3.8, 4) is 5.69 Å². The molecule has 0 aliphatic carbocycles. The number of nitrogens with zero attached hydrogens (tertiary/aromatic N) is 3. The van der Waals surface area contributed by atoms with E-state index in [1.54, 1.807) is 17.1 Å². The van der Waals surface area contributed by atoms with Gasteiger partial charge >= 0.3 is 7.12 Å². The van der Waals surface area contributed by atoms with E-state index >= 15 is 0 Å². The van der Waals surface area contributed by atoms with Gasteiger partial charge in [0.1, 0.15) is 0 Å². The molecule has 0 aromatic carbocycles. The predicted octanol–water partition coefficient (Wildman–Crippen LogP) is 1.57. The van der Waals surface area contributed by atoms with E-state index in [0.29, 0.717) is 0 Å². The summed E-state index contributed by atoms with van der Waals surface area (Å²) in [5.74, 6) is 0. The molecule has 0 spiro atoms. The summed E-state index contributed by atoms with van der Waals surface area (Å²) in [6.07, 6.45) is 5.39. The van der Waals surface area contributed by atoms with Crippen LogP contribution in [-0.4, -0.2) is 33.1 Å². The molecule has 20 heavy (non-hydrogen) atoms. The summed E-state index contributed by atoms with van der Waals surface area (Å²) in [6.45, 7) is 8.13. The van der Waals surface area contributed by atoms with Crippen molar-refractivity contribution in [1.82, 2.24) is 14.8 Å². The molecule has 3 heterocycles. The highest BCUT2D eigenvalue weighted by atomic mass is 16.7. The first-order valence-corrected chi connectivity index (χ1v) is 6.71. The lowest BCUT2D eigenvalue weighted by Crippen LogP contribution is -2.41. The van der Waals surface area contributed by atoms with Crippen molar-refractivity contribution >= 4 is 12.7 Å². The fraction of sp³-hybridized carbons (Fsp3) is 0.429. The van der Waals surface area contributed by atoms with Crippen molar-refractivity contribution in [3.05, 3.63) is 36.8 Å². The van der Waals surface area contributed by atoms with Crippen LogP contribution in [0.4, 0.5) is 0 Å². The van der Waals surface area contributed by atoms with E-state index in [4.69, 9.17) is 9.31 Å². The van der Waals surface area contributed by atoms with Gasteiger partial charge in [0.2, 0.25) is 0 Å². The Hall–Kier alpha value is -1.66. The first-order chi connectivity index (χ1) is 9.39. The molecule has 1 saturated heterocycles. The van der Waals surface area contributed by atoms with Crippen LogP contribution >= 0.6 is 0 Å². The summed E-state index contributed by atoms with van der Waals surface area (Å²) in [4.78, 5) is 4.09. The van der Waals surface area contributed by atoms with Gasteiger partial charge in [-0.1, -0.05) is 0 Å². The average Bonchev–Trinajstić information content (AvgIpc) is 2.94. The van der Waals surface area contributed by atoms with Gasteiger partial charge in [-0.2, -0.15) is 5.10 Å². The molecule has 0 amide bonds. The SMILES string of the molecule is CC1(C)OB(c2ccn(-c3cccnc3)n2)OC1(C)C. The fourth-order valence-electron chi connectivity index (χ4n) is 2.06. The Labute approximate surface area is 119 Å². The van der Waals surface area contributed by atoms with Crippen LogP contribution in [0, 0.1) is 0 Å². The van der Waals surface area contributed by atoms with Gasteiger partial charge in [-0.25, -0.2) is 4.68 Å². The summed E-state index contributed by atoms with van der Waals surface area (Å²) in [5.41, 5.74) is 0.980. The van der Waals surface area contributed by atoms with Crippen LogP contribution in [0.3, 0.4) is 0 Å². The highest BCUT2D eigenvalue weighted by Gasteiger charge is 2.52. The van der Waals surface area contributed by atoms with E-state index in [1.807, 2.05) is 52.1 Å². The third-order valence-corrected chi connectivity index (χ3v) is 4.01. The van der Waals surface area contributed by atoms with Crippen LogP contribution in [0.5, 0.6) is 0 Å². The number of hydrogen-bond acceptors (Lipinski definition) is 4. The lowest BCUT2D eigenvalue weighted by Gasteiger charge is -2.32. The maximum absolute atomic E-state index is 5.99. The average molecular weight is 271 g/mol. The van der Waals surface area contributed by atoms with Gasteiger partial charge < -0.3 is 9.31 Å². The molecule has 0 bridgehead atoms. The Morgan fingerprint density at radius 2 is 1.80 bits per heavy atom. The maximum atomic E-state index is 5.99. The molecule has 104 valence electrons. The first-order valence-electron chi connectivity index (χ1n) is 6.71. The Bertz CT molecular complexity index is 594. The predicted molar refractivity (Wildman–Crippen MR) is 77.1 cm³/mol. The standard InChI is InChI=1S/C14H18BN3O2/c1-13(2)14(3,4)20-15(19-13)12-7-9-18(17-12)11-6-5-8-16-10-11/h5-10H,1-4H3. The quantitative estimate of drug-likeness (QED) is 0.778. The minimum absolute atomic E-state index is 0.351. The molecular formula is C14H18BN3O2. The van der Waals surface area contributed by atoms with Gasteiger partial charge in [0.25, 0.3) is 0 Å². The number of rotatable bonds is 2. The molecule has 0 saturated carbocycles. The summed E-state index contributed by atoms with van der Waals surface area (Å²) in [7, 11) is -0.432. The van der Waals surface area contributed by atoms with Crippen molar-refractivity contribution in [2.24, 2.45) is 0 Å². The van der Waals surface area contributed by atoms with Crippen LogP contribution in [0.1, 0.15) is 27.7 Å². The van der Waals surface area contributed by atoms with Crippen LogP contribution in [0.15, 0.2) is 36.8 Å². The summed E-state index contributed by atoms with van der Waals surface area (Å²) >= 11 is 0. The molecule has 1 aliphatic rings. The first kappa shape index (κ1) is 13.3. The van der Waals surface area contributed by atoms with E-state index < -0.39 is 7.12 Å². The molecule has 2 aromatic heterocycles. The van der Waals surface area contributed by atoms with Crippen molar-refractivity contribution in [1.29, 1.82) is 0 Å². The second-order valence-electron chi connectivity index (χ2n) is 5.98. The van der Waals surface area contributed by atoms with Crippen LogP contribution in [0.2, 0.25) is 0 Å². The highest BCUT2D eigenvalue weighted by Crippen LogP contribution is 2.36. The molecular weight excluding hydrogens is 253 g/mol. The third-order valence-electron chi connectivity index (χ3n) is 4.01. The van der Waals surface area contributed by atoms with Gasteiger partial charge in [0, 0.05) is 12.4 Å². The molecule has 2 aromatic rings. The summed E-state index contributed by atoms with van der Waals surface area (Å²) < 4.78 is 13.7. The van der Waals surface area contributed by atoms with E-state index in [0.717, 1.165) is 11.3 Å². The Kier molecular flexibility index (Phi) is 2.95. The Balaban J connectivity index is 1.86. The Morgan fingerprint density at radius 3 is 2.40 bits per heavy atom. The lowest BCUT2D eigenvalue weighted by atomic mass is 9.85. The zero-order valence-corrected chi connectivity index (χ0v) is 12.2. The minimum Gasteiger partial charge on any atom is -0.398 e. The Morgan fingerprint density at radius 1 is 1.10 bits per heavy atom. The van der Waals surface area contributed by atoms with Crippen LogP contribution < -0.4 is 5.59 Å². The molecule has 6 heteroatoms. The normalized spacial score (nSPS) is 20.3. The molecule has 1 fully saturated rings. The smallest absolute Gasteiger partial charge is 0.398 e. The zero-order valence-electron chi connectivity index (χ0n) is 12.2. The number of pyridine rings is 1. The monoisotopic (exact) mass is 271 g/mol. The topological polar surface area (TPSA) is 49.2 Å². The maximum Gasteiger partial charge on any atom is 0.516 e. The summed E-state index contributed by atoms with van der Waals surface area (Å²) in [6, 6.07) is 5.74. The highest BCUT2D eigenvalue weighted by molar-refractivity contribution is 6.61. The van der Waals surface area contributed by atoms with E-state index in [1.165, 1.54) is 0 Å². The van der Waals surface area contributed by atoms with Gasteiger partial charge in [0.15, 0.2) is 0 Å². The van der Waals surface area contributed by atoms with E-state index in [2.05, 4.69) is 10.1 Å². The third kappa shape index (κ3) is 2.15. The lowest BCUT2D eigenvalue weighted by molar-refractivity contribution is 0.00578. The van der Waals surface area contributed by atoms with Crippen LogP contribution in [-0.2, 0) is 9.31 Å². The fourth-order valence-corrected chi connectivity index (χ4v) is 2.06. The van der Waals surface area contributed by atoms with Crippen molar-refractivity contribution < 1.29 is 9.31 Å². The number of aromatic nitrogens is 3. The molecule has 3 rings (SSSR count). The van der Waals surface area contributed by atoms with Gasteiger partial charge in [0.05, 0.1) is 28.7 Å². The van der Waals surface area contributed by atoms with E-state index in [-0.39, 0.29) is 11.2 Å². The number of hydrogen-bond donors (Lipinski definition) is 0. The van der Waals surface area contributed by atoms with Crippen molar-refractivity contribution in [3.63, 3.8) is 0 Å². The molecule has 0 unspecified atom stereocenters. The molecule has 0 atom stereocenters. The molecule has 5 nitrogen and oxygen atoms in total. The summed E-state index contributed by atoms with van der Waals surface area (Å²) in [5, 5.41) is 4.52. The van der Waals surface area contributed by atoms with Crippen LogP contribution in [0.25, 0.3) is 5.69 Å². The zero-order chi connectivity index (χ0) is 14.4. The van der Waals surface area contributed by atoms with Gasteiger partial charge in [-0.05, 0) is 45.9 Å². The second-order valence-corrected chi connectivity index (χ2v) is 5.98. The molecule has 1 aliphatic heterocycles. The molecule has 0 N–H and O–H groups in total. The largest absolute Gasteiger partial charge is 0.516 e. The minimum atomic E-state index is -0.432. The van der Waals surface area contributed by atoms with Crippen molar-refractivity contribution in [2.75, 3.05) is 0 Å². The van der Waals surface area contributed by atoms with Gasteiger partial charge in [-0.3, -0.25) is 4.98 Å². The van der Waals surface area contributed by atoms with Crippen molar-refractivity contribution in [2.45, 2.75) is 38.9 Å².